The van der Waals surface area contributed by atoms with Crippen LogP contribution in [0.15, 0.2) is 17.5 Å². The van der Waals surface area contributed by atoms with E-state index in [0.717, 1.165) is 4.90 Å². The molecule has 2 unspecified atom stereocenters. The van der Waals surface area contributed by atoms with Gasteiger partial charge in [0.1, 0.15) is 0 Å². The summed E-state index contributed by atoms with van der Waals surface area (Å²) in [6.07, 6.45) is 0. The summed E-state index contributed by atoms with van der Waals surface area (Å²) in [5, 5.41) is 1.81. The second kappa shape index (κ2) is 3.51. The quantitative estimate of drug-likeness (QED) is 0.614. The number of carbonyl (C=O) groups excluding carboxylic acids is 3. The average molecular weight is 263 g/mol. The van der Waals surface area contributed by atoms with Gasteiger partial charge in [0, 0.05) is 0 Å². The minimum Gasteiger partial charge on any atom is -0.291 e. The van der Waals surface area contributed by atoms with Gasteiger partial charge in [0.15, 0.2) is 5.78 Å². The van der Waals surface area contributed by atoms with E-state index in [2.05, 4.69) is 0 Å². The Morgan fingerprint density at radius 3 is 2.44 bits per heavy atom. The largest absolute Gasteiger partial charge is 0.291 e. The first-order valence-electron chi connectivity index (χ1n) is 5.86. The Labute approximate surface area is 109 Å². The molecule has 1 aromatic heterocycles. The highest BCUT2D eigenvalue weighted by atomic mass is 32.1. The molecule has 2 amide bonds. The molecule has 1 aliphatic heterocycles. The number of imide groups is 1. The van der Waals surface area contributed by atoms with Crippen molar-refractivity contribution in [3.05, 3.63) is 22.4 Å². The normalized spacial score (nSPS) is 28.4. The lowest BCUT2D eigenvalue weighted by Crippen LogP contribution is -2.39. The highest BCUT2D eigenvalue weighted by Gasteiger charge is 2.72. The fourth-order valence-electron chi connectivity index (χ4n) is 2.82. The van der Waals surface area contributed by atoms with Crippen LogP contribution in [-0.4, -0.2) is 29.0 Å². The maximum Gasteiger partial charge on any atom is 0.234 e. The van der Waals surface area contributed by atoms with Crippen LogP contribution in [0.1, 0.15) is 23.5 Å². The van der Waals surface area contributed by atoms with E-state index in [-0.39, 0.29) is 41.4 Å². The van der Waals surface area contributed by atoms with E-state index >= 15 is 0 Å². The highest BCUT2D eigenvalue weighted by molar-refractivity contribution is 7.12. The number of hydrogen-bond acceptors (Lipinski definition) is 4. The zero-order valence-corrected chi connectivity index (χ0v) is 11.0. The maximum absolute atomic E-state index is 12.0. The Balaban J connectivity index is 1.75. The van der Waals surface area contributed by atoms with Gasteiger partial charge in [0.2, 0.25) is 11.8 Å². The molecule has 2 fully saturated rings. The lowest BCUT2D eigenvalue weighted by molar-refractivity contribution is -0.142. The molecule has 1 saturated heterocycles. The van der Waals surface area contributed by atoms with Crippen molar-refractivity contribution >= 4 is 28.9 Å². The third-order valence-corrected chi connectivity index (χ3v) is 4.90. The Hall–Kier alpha value is -1.49. The van der Waals surface area contributed by atoms with Crippen LogP contribution in [0, 0.1) is 17.3 Å². The predicted octanol–water partition coefficient (Wildman–Crippen LogP) is 1.57. The van der Waals surface area contributed by atoms with Crippen molar-refractivity contribution in [2.24, 2.45) is 17.3 Å². The number of hydrogen-bond donors (Lipinski definition) is 0. The minimum absolute atomic E-state index is 0.110. The zero-order chi connectivity index (χ0) is 13.1. The van der Waals surface area contributed by atoms with E-state index in [1.54, 1.807) is 17.5 Å². The predicted molar refractivity (Wildman–Crippen MR) is 66.1 cm³/mol. The van der Waals surface area contributed by atoms with Crippen LogP contribution in [0.5, 0.6) is 0 Å². The second-order valence-corrected chi connectivity index (χ2v) is 6.39. The molecule has 5 heteroatoms. The van der Waals surface area contributed by atoms with Crippen molar-refractivity contribution in [2.45, 2.75) is 13.8 Å². The van der Waals surface area contributed by atoms with E-state index in [1.807, 2.05) is 13.8 Å². The molecule has 3 rings (SSSR count). The van der Waals surface area contributed by atoms with Crippen LogP contribution < -0.4 is 0 Å². The van der Waals surface area contributed by atoms with Crippen LogP contribution in [0.2, 0.25) is 0 Å². The van der Waals surface area contributed by atoms with Crippen LogP contribution in [0.4, 0.5) is 0 Å². The first-order valence-corrected chi connectivity index (χ1v) is 6.74. The molecule has 0 aromatic carbocycles. The van der Waals surface area contributed by atoms with Crippen LogP contribution in [-0.2, 0) is 9.59 Å². The third kappa shape index (κ3) is 1.40. The molecule has 0 spiro atoms. The number of fused-ring (bicyclic) bond motifs is 1. The van der Waals surface area contributed by atoms with E-state index in [4.69, 9.17) is 0 Å². The molecule has 0 N–H and O–H groups in total. The molecule has 2 atom stereocenters. The smallest absolute Gasteiger partial charge is 0.234 e. The number of carbonyl (C=O) groups is 3. The summed E-state index contributed by atoms with van der Waals surface area (Å²) in [6, 6.07) is 3.49. The number of nitrogens with zero attached hydrogens (tertiary/aromatic N) is 1. The van der Waals surface area contributed by atoms with Gasteiger partial charge < -0.3 is 0 Å². The van der Waals surface area contributed by atoms with E-state index in [1.165, 1.54) is 11.3 Å². The van der Waals surface area contributed by atoms with E-state index in [0.29, 0.717) is 4.88 Å². The third-order valence-electron chi connectivity index (χ3n) is 3.99. The van der Waals surface area contributed by atoms with E-state index < -0.39 is 0 Å². The van der Waals surface area contributed by atoms with E-state index in [9.17, 15) is 14.4 Å². The number of thiophene rings is 1. The molecule has 1 saturated carbocycles. The average Bonchev–Trinajstić information content (AvgIpc) is 2.74. The van der Waals surface area contributed by atoms with Crippen molar-refractivity contribution in [3.8, 4) is 0 Å². The fraction of sp³-hybridized carbons (Fsp3) is 0.462. The minimum atomic E-state index is -0.212. The molecule has 94 valence electrons. The fourth-order valence-corrected chi connectivity index (χ4v) is 3.48. The summed E-state index contributed by atoms with van der Waals surface area (Å²) in [5.74, 6) is -0.937. The summed E-state index contributed by atoms with van der Waals surface area (Å²) in [4.78, 5) is 37.7. The molecular weight excluding hydrogens is 250 g/mol. The Kier molecular flexibility index (Phi) is 2.26. The van der Waals surface area contributed by atoms with Gasteiger partial charge >= 0.3 is 0 Å². The number of amides is 2. The zero-order valence-electron chi connectivity index (χ0n) is 10.2. The van der Waals surface area contributed by atoms with Crippen LogP contribution >= 0.6 is 11.3 Å². The van der Waals surface area contributed by atoms with Gasteiger partial charge in [0.25, 0.3) is 0 Å². The molecule has 0 bridgehead atoms. The van der Waals surface area contributed by atoms with Gasteiger partial charge in [-0.1, -0.05) is 19.9 Å². The Bertz CT molecular complexity index is 523. The monoisotopic (exact) mass is 263 g/mol. The maximum atomic E-state index is 12.0. The first-order chi connectivity index (χ1) is 8.44. The van der Waals surface area contributed by atoms with Crippen molar-refractivity contribution < 1.29 is 14.4 Å². The summed E-state index contributed by atoms with van der Waals surface area (Å²) < 4.78 is 0. The molecule has 4 nitrogen and oxygen atoms in total. The van der Waals surface area contributed by atoms with Gasteiger partial charge in [0.05, 0.1) is 23.3 Å². The van der Waals surface area contributed by atoms with Crippen molar-refractivity contribution in [2.75, 3.05) is 6.54 Å². The van der Waals surface area contributed by atoms with Gasteiger partial charge in [-0.05, 0) is 16.9 Å². The number of Topliss-reactive ketones (excluding diaryl/α,β-unsaturated/α-hetero) is 1. The standard InChI is InChI=1S/C13H13NO3S/c1-13(2)9-10(13)12(17)14(11(9)16)6-7(15)8-4-3-5-18-8/h3-5,9-10H,6H2,1-2H3. The van der Waals surface area contributed by atoms with Crippen molar-refractivity contribution in [1.29, 1.82) is 0 Å². The van der Waals surface area contributed by atoms with Crippen molar-refractivity contribution in [1.82, 2.24) is 4.90 Å². The van der Waals surface area contributed by atoms with Gasteiger partial charge in [-0.2, -0.15) is 0 Å². The number of likely N-dealkylation sites (tertiary alicyclic amines) is 1. The second-order valence-electron chi connectivity index (χ2n) is 5.44. The molecular formula is C13H13NO3S. The van der Waals surface area contributed by atoms with Crippen LogP contribution in [0.25, 0.3) is 0 Å². The molecule has 2 heterocycles. The summed E-state index contributed by atoms with van der Waals surface area (Å²) in [6.45, 7) is 3.74. The SMILES string of the molecule is CC1(C)C2C(=O)N(CC(=O)c3cccs3)C(=O)C21. The Morgan fingerprint density at radius 1 is 1.33 bits per heavy atom. The first kappa shape index (κ1) is 11.6. The number of ketones is 1. The molecule has 1 aromatic rings. The van der Waals surface area contributed by atoms with Crippen molar-refractivity contribution in [3.63, 3.8) is 0 Å². The van der Waals surface area contributed by atoms with Crippen LogP contribution in [0.3, 0.4) is 0 Å². The molecule has 1 aliphatic carbocycles. The summed E-state index contributed by atoms with van der Waals surface area (Å²) in [5.41, 5.74) is -0.212. The van der Waals surface area contributed by atoms with Gasteiger partial charge in [-0.25, -0.2) is 0 Å². The lowest BCUT2D eigenvalue weighted by atomic mass is 10.1. The lowest BCUT2D eigenvalue weighted by Gasteiger charge is -2.19. The molecule has 18 heavy (non-hydrogen) atoms. The number of rotatable bonds is 3. The van der Waals surface area contributed by atoms with Gasteiger partial charge in [-0.15, -0.1) is 11.3 Å². The topological polar surface area (TPSA) is 54.5 Å². The number of piperidine rings is 1. The van der Waals surface area contributed by atoms with Gasteiger partial charge in [-0.3, -0.25) is 19.3 Å². The molecule has 0 radical (unpaired) electrons. The molecule has 2 aliphatic rings. The highest BCUT2D eigenvalue weighted by Crippen LogP contribution is 2.63. The Morgan fingerprint density at radius 2 is 1.94 bits per heavy atom. The summed E-state index contributed by atoms with van der Waals surface area (Å²) in [7, 11) is 0. The summed E-state index contributed by atoms with van der Waals surface area (Å²) >= 11 is 1.33.